The van der Waals surface area contributed by atoms with E-state index in [1.54, 1.807) is 0 Å². The molecule has 0 spiro atoms. The minimum atomic E-state index is -4.65. The number of nitrogens with zero attached hydrogens (tertiary/aromatic N) is 1. The number of quaternary nitrogens is 1. The molecule has 274 valence electrons. The van der Waals surface area contributed by atoms with Gasteiger partial charge in [0.1, 0.15) is 0 Å². The molecule has 0 heterocycles. The van der Waals surface area contributed by atoms with E-state index in [1.165, 1.54) is 223 Å². The fourth-order valence-corrected chi connectivity index (χ4v) is 6.29. The number of unbranched alkanes of at least 4 members (excludes halogenated alkanes) is 30. The van der Waals surface area contributed by atoms with Crippen LogP contribution in [0.5, 0.6) is 0 Å². The monoisotopic (exact) mass is 682 g/mol. The molecular weight excluding hydrogens is 602 g/mol. The first-order chi connectivity index (χ1) is 21.7. The van der Waals surface area contributed by atoms with Crippen LogP contribution in [0.1, 0.15) is 219 Å². The molecule has 0 aliphatic rings. The maximum absolute atomic E-state index is 9.09. The standard InChI is InChI=1S/C38H80N.ClHO4S/c1-5-7-9-11-13-15-17-19-21-23-25-27-29-31-33-35-37-39(3,4)38-36-34-32-30-28-26-24-22-20-18-16-14-12-10-8-6-2;1-5-6(2,3)4/h5-38H2,1-4H3;(H,2,3,4)/q+1;/p-1. The molecule has 0 unspecified atom stereocenters. The van der Waals surface area contributed by atoms with Crippen LogP contribution in [-0.2, 0) is 14.1 Å². The zero-order valence-electron chi connectivity index (χ0n) is 30.9. The summed E-state index contributed by atoms with van der Waals surface area (Å²) in [5.41, 5.74) is 0. The summed E-state index contributed by atoms with van der Waals surface area (Å²) in [4.78, 5) is 0. The second-order valence-corrected chi connectivity index (χ2v) is 15.8. The van der Waals surface area contributed by atoms with Crippen molar-refractivity contribution in [3.8, 4) is 0 Å². The van der Waals surface area contributed by atoms with Crippen LogP contribution in [0.15, 0.2) is 0 Å². The van der Waals surface area contributed by atoms with Crippen LogP contribution in [0.3, 0.4) is 0 Å². The average molecular weight is 683 g/mol. The molecule has 0 aromatic rings. The molecule has 0 amide bonds. The van der Waals surface area contributed by atoms with E-state index >= 15 is 0 Å². The molecule has 7 heteroatoms. The van der Waals surface area contributed by atoms with Crippen LogP contribution in [-0.4, -0.2) is 44.6 Å². The largest absolute Gasteiger partial charge is 0.725 e. The Morgan fingerprint density at radius 1 is 0.422 bits per heavy atom. The zero-order chi connectivity index (χ0) is 33.7. The smallest absolute Gasteiger partial charge is 0.234 e. The van der Waals surface area contributed by atoms with Gasteiger partial charge in [0.2, 0.25) is 10.4 Å². The topological polar surface area (TPSA) is 66.4 Å². The van der Waals surface area contributed by atoms with Crippen molar-refractivity contribution >= 4 is 22.3 Å². The second-order valence-electron chi connectivity index (χ2n) is 14.5. The van der Waals surface area contributed by atoms with Crippen molar-refractivity contribution in [1.29, 1.82) is 0 Å². The van der Waals surface area contributed by atoms with Crippen molar-refractivity contribution in [3.63, 3.8) is 0 Å². The van der Waals surface area contributed by atoms with Gasteiger partial charge in [-0.05, 0) is 25.7 Å². The van der Waals surface area contributed by atoms with Crippen molar-refractivity contribution in [3.05, 3.63) is 0 Å². The highest BCUT2D eigenvalue weighted by Crippen LogP contribution is 2.16. The van der Waals surface area contributed by atoms with Gasteiger partial charge in [0.05, 0.1) is 39.1 Å². The molecule has 0 aliphatic heterocycles. The van der Waals surface area contributed by atoms with Crippen LogP contribution >= 0.6 is 11.9 Å². The number of hydrogen-bond acceptors (Lipinski definition) is 4. The lowest BCUT2D eigenvalue weighted by molar-refractivity contribution is -0.890. The van der Waals surface area contributed by atoms with Crippen LogP contribution in [0.25, 0.3) is 0 Å². The highest BCUT2D eigenvalue weighted by atomic mass is 35.5. The number of rotatable bonds is 35. The van der Waals surface area contributed by atoms with E-state index < -0.39 is 10.4 Å². The first-order valence-corrected chi connectivity index (χ1v) is 21.4. The van der Waals surface area contributed by atoms with Gasteiger partial charge in [-0.2, -0.15) is 3.74 Å². The van der Waals surface area contributed by atoms with Gasteiger partial charge < -0.3 is 9.04 Å². The van der Waals surface area contributed by atoms with Crippen molar-refractivity contribution in [2.45, 2.75) is 219 Å². The summed E-state index contributed by atoms with van der Waals surface area (Å²) < 4.78 is 31.3. The van der Waals surface area contributed by atoms with Crippen LogP contribution in [0.4, 0.5) is 0 Å². The first kappa shape index (κ1) is 47.2. The molecule has 45 heavy (non-hydrogen) atoms. The lowest BCUT2D eigenvalue weighted by atomic mass is 10.0. The van der Waals surface area contributed by atoms with Crippen molar-refractivity contribution in [1.82, 2.24) is 0 Å². The third-order valence-electron chi connectivity index (χ3n) is 9.31. The molecular formula is C38H80ClNO4S. The average Bonchev–Trinajstić information content (AvgIpc) is 3.00. The zero-order valence-corrected chi connectivity index (χ0v) is 32.5. The van der Waals surface area contributed by atoms with Crippen molar-refractivity contribution < 1.29 is 21.2 Å². The lowest BCUT2D eigenvalue weighted by Crippen LogP contribution is -2.41. The molecule has 0 aromatic carbocycles. The van der Waals surface area contributed by atoms with E-state index in [-0.39, 0.29) is 0 Å². The van der Waals surface area contributed by atoms with Gasteiger partial charge in [0.25, 0.3) is 0 Å². The Morgan fingerprint density at radius 3 is 0.733 bits per heavy atom. The lowest BCUT2D eigenvalue weighted by Gasteiger charge is -2.30. The van der Waals surface area contributed by atoms with E-state index in [9.17, 15) is 0 Å². The molecule has 0 fully saturated rings. The molecule has 0 aromatic heterocycles. The summed E-state index contributed by atoms with van der Waals surface area (Å²) in [6.45, 7) is 7.39. The maximum atomic E-state index is 9.09. The Morgan fingerprint density at radius 2 is 0.578 bits per heavy atom. The second kappa shape index (κ2) is 36.9. The molecule has 0 N–H and O–H groups in total. The molecule has 0 saturated carbocycles. The third-order valence-corrected chi connectivity index (χ3v) is 9.93. The predicted octanol–water partition coefficient (Wildman–Crippen LogP) is 13.2. The van der Waals surface area contributed by atoms with Gasteiger partial charge in [-0.3, -0.25) is 0 Å². The Hall–Kier alpha value is 0.120. The minimum Gasteiger partial charge on any atom is -0.725 e. The normalized spacial score (nSPS) is 12.0. The van der Waals surface area contributed by atoms with Gasteiger partial charge in [-0.1, -0.05) is 194 Å². The van der Waals surface area contributed by atoms with Gasteiger partial charge in [0.15, 0.2) is 0 Å². The number of hydrogen-bond donors (Lipinski definition) is 0. The third kappa shape index (κ3) is 46.3. The summed E-state index contributed by atoms with van der Waals surface area (Å²) in [5, 5.41) is 0. The van der Waals surface area contributed by atoms with Crippen molar-refractivity contribution in [2.75, 3.05) is 27.2 Å². The van der Waals surface area contributed by atoms with E-state index in [0.29, 0.717) is 0 Å². The maximum Gasteiger partial charge on any atom is 0.234 e. The predicted molar refractivity (Wildman–Crippen MR) is 198 cm³/mol. The fraction of sp³-hybridized carbons (Fsp3) is 1.00. The summed E-state index contributed by atoms with van der Waals surface area (Å²) in [6.07, 6.45) is 46.9. The minimum absolute atomic E-state index is 1.25. The Labute approximate surface area is 289 Å². The molecule has 0 atom stereocenters. The van der Waals surface area contributed by atoms with Crippen molar-refractivity contribution in [2.24, 2.45) is 0 Å². The van der Waals surface area contributed by atoms with Gasteiger partial charge in [0, 0.05) is 0 Å². The SMILES string of the molecule is CCCCCCCCCCCCCCCCCC[N+](C)(C)CCCCCCCCCCCCCCCCCC.O=S(=O)([O-])OCl. The van der Waals surface area contributed by atoms with Crippen LogP contribution in [0, 0.1) is 0 Å². The van der Waals surface area contributed by atoms with Crippen LogP contribution < -0.4 is 0 Å². The quantitative estimate of drug-likeness (QED) is 0.0289. The highest BCUT2D eigenvalue weighted by Gasteiger charge is 2.13. The number of halogens is 1. The molecule has 5 nitrogen and oxygen atoms in total. The van der Waals surface area contributed by atoms with E-state index in [0.717, 1.165) is 0 Å². The Kier molecular flexibility index (Phi) is 38.8. The first-order valence-electron chi connectivity index (χ1n) is 19.8. The Bertz CT molecular complexity index is 622. The summed E-state index contributed by atoms with van der Waals surface area (Å²) >= 11 is 4.08. The van der Waals surface area contributed by atoms with Gasteiger partial charge in [-0.25, -0.2) is 8.42 Å². The summed E-state index contributed by atoms with van der Waals surface area (Å²) in [5.74, 6) is 0. The molecule has 0 rings (SSSR count). The van der Waals surface area contributed by atoms with Crippen LogP contribution in [0.2, 0.25) is 0 Å². The molecule has 0 radical (unpaired) electrons. The van der Waals surface area contributed by atoms with E-state index in [2.05, 4.69) is 43.5 Å². The van der Waals surface area contributed by atoms with Gasteiger partial charge in [-0.15, -0.1) is 0 Å². The fourth-order valence-electron chi connectivity index (χ4n) is 6.29. The van der Waals surface area contributed by atoms with E-state index in [4.69, 9.17) is 13.0 Å². The Balaban J connectivity index is 0. The van der Waals surface area contributed by atoms with Gasteiger partial charge >= 0.3 is 0 Å². The van der Waals surface area contributed by atoms with E-state index in [1.807, 2.05) is 0 Å². The molecule has 0 aliphatic carbocycles. The molecule has 0 bridgehead atoms. The highest BCUT2D eigenvalue weighted by molar-refractivity contribution is 7.81. The molecule has 0 saturated heterocycles. The summed E-state index contributed by atoms with van der Waals surface area (Å²) in [7, 11) is 0.291. The summed E-state index contributed by atoms with van der Waals surface area (Å²) in [6, 6.07) is 0.